The first-order chi connectivity index (χ1) is 30.7. The summed E-state index contributed by atoms with van der Waals surface area (Å²) in [7, 11) is 0. The van der Waals surface area contributed by atoms with Gasteiger partial charge in [-0.05, 0) is 42.7 Å². The SMILES string of the molecule is CC(=O)O[C@@]12CO[C@@H]1C[C@H](OC(=O)OCC(Cl)(Cl)Cl)[C@@]1(C)C(=O)[C@H](OC(=O)OCC(Cl)(Cl)Cl)C3=C(C)[C@@H](OC(=O)C4OC4c4ccccc4)C[C@@](O)([C@@H](OC(=O)c4ccccc4)[C@H]21)C3(C)C. The first-order valence-corrected chi connectivity index (χ1v) is 22.8. The standard InChI is InChI=1S/C44H44Cl6O16/c1-21-25(61-36(54)31-29(63-31)23-12-8-6-9-13-23)17-42(57)34(65-35(53)24-14-10-7-11-15-24)32-40(5,33(52)30(28(21)39(42,3)4)64-38(56)60-20-44(48,49)50)26(62-37(55)59-19-43(45,46)47)16-27-41(32,18-58-27)66-22(2)51/h6-15,25-27,29-32,34,57H,16-20H2,1-5H3/t25-,26-,27+,29?,30+,31?,32-,34-,40+,41-,42+/m0/s1. The molecular formula is C44H44Cl6O16. The number of halogens is 6. The van der Waals surface area contributed by atoms with Crippen LogP contribution in [0, 0.1) is 16.7 Å². The molecule has 0 spiro atoms. The third kappa shape index (κ3) is 9.55. The van der Waals surface area contributed by atoms with Crippen molar-refractivity contribution in [3.63, 3.8) is 0 Å². The first kappa shape index (κ1) is 50.3. The second-order valence-electron chi connectivity index (χ2n) is 17.5. The molecule has 1 N–H and O–H groups in total. The molecule has 5 aliphatic rings. The minimum Gasteiger partial charge on any atom is -0.456 e. The molecule has 0 aromatic heterocycles. The van der Waals surface area contributed by atoms with Crippen LogP contribution in [0.4, 0.5) is 9.59 Å². The number of rotatable bonds is 10. The zero-order valence-electron chi connectivity index (χ0n) is 35.8. The molecule has 7 rings (SSSR count). The second kappa shape index (κ2) is 18.4. The highest BCUT2D eigenvalue weighted by Gasteiger charge is 2.79. The van der Waals surface area contributed by atoms with Gasteiger partial charge in [-0.25, -0.2) is 19.2 Å². The Kier molecular flexibility index (Phi) is 14.0. The molecule has 2 saturated carbocycles. The Labute approximate surface area is 408 Å². The number of carbonyl (C=O) groups is 6. The summed E-state index contributed by atoms with van der Waals surface area (Å²) in [5, 5.41) is 13.9. The predicted molar refractivity (Wildman–Crippen MR) is 234 cm³/mol. The van der Waals surface area contributed by atoms with Gasteiger partial charge in [-0.3, -0.25) is 9.59 Å². The van der Waals surface area contributed by atoms with Crippen molar-refractivity contribution in [1.29, 1.82) is 0 Å². The summed E-state index contributed by atoms with van der Waals surface area (Å²) in [5.41, 5.74) is -7.84. The maximum Gasteiger partial charge on any atom is 0.509 e. The average Bonchev–Trinajstić information content (AvgIpc) is 4.04. The van der Waals surface area contributed by atoms with Crippen molar-refractivity contribution < 1.29 is 76.5 Å². The fourth-order valence-corrected chi connectivity index (χ4v) is 10.3. The Bertz CT molecular complexity index is 2280. The summed E-state index contributed by atoms with van der Waals surface area (Å²) < 4.78 is 48.3. The molecule has 2 aliphatic heterocycles. The van der Waals surface area contributed by atoms with Crippen LogP contribution < -0.4 is 0 Å². The van der Waals surface area contributed by atoms with Gasteiger partial charge in [0.1, 0.15) is 49.3 Å². The summed E-state index contributed by atoms with van der Waals surface area (Å²) in [4.78, 5) is 85.1. The number of benzene rings is 2. The highest BCUT2D eigenvalue weighted by Crippen LogP contribution is 2.65. The fraction of sp³-hybridized carbons (Fsp3) is 0.545. The van der Waals surface area contributed by atoms with Crippen molar-refractivity contribution in [3.8, 4) is 0 Å². The zero-order chi connectivity index (χ0) is 48.4. The zero-order valence-corrected chi connectivity index (χ0v) is 40.3. The Morgan fingerprint density at radius 1 is 0.818 bits per heavy atom. The molecular weight excluding hydrogens is 997 g/mol. The number of hydrogen-bond acceptors (Lipinski definition) is 16. The van der Waals surface area contributed by atoms with Gasteiger partial charge in [-0.2, -0.15) is 0 Å². The molecule has 11 atom stereocenters. The highest BCUT2D eigenvalue weighted by molar-refractivity contribution is 6.68. The number of aliphatic hydroxyl groups is 1. The van der Waals surface area contributed by atoms with Crippen LogP contribution >= 0.6 is 69.6 Å². The number of Topliss-reactive ketones (excluding diaryl/α,β-unsaturated/α-hetero) is 1. The lowest BCUT2D eigenvalue weighted by atomic mass is 9.44. The van der Waals surface area contributed by atoms with E-state index in [2.05, 4.69) is 0 Å². The number of ether oxygens (including phenoxy) is 9. The van der Waals surface area contributed by atoms with E-state index in [0.717, 1.165) is 6.92 Å². The van der Waals surface area contributed by atoms with E-state index in [9.17, 15) is 29.1 Å². The second-order valence-corrected chi connectivity index (χ2v) is 22.5. The van der Waals surface area contributed by atoms with E-state index in [0.29, 0.717) is 5.56 Å². The minimum atomic E-state index is -2.48. The Balaban J connectivity index is 1.45. The van der Waals surface area contributed by atoms with E-state index in [1.54, 1.807) is 48.5 Å². The molecule has 3 aliphatic carbocycles. The quantitative estimate of drug-likeness (QED) is 0.0790. The fourth-order valence-electron chi connectivity index (χ4n) is 9.96. The third-order valence-electron chi connectivity index (χ3n) is 13.1. The number of alkyl halides is 6. The average molecular weight is 1040 g/mol. The Hall–Kier alpha value is -3.58. The van der Waals surface area contributed by atoms with Crippen LogP contribution in [-0.2, 0) is 57.0 Å². The number of carbonyl (C=O) groups excluding carboxylic acids is 6. The van der Waals surface area contributed by atoms with Crippen LogP contribution in [0.2, 0.25) is 0 Å². The maximum atomic E-state index is 16.1. The topological polar surface area (TPSA) is 209 Å². The van der Waals surface area contributed by atoms with Crippen LogP contribution in [0.1, 0.15) is 69.5 Å². The van der Waals surface area contributed by atoms with Gasteiger partial charge in [0, 0.05) is 25.2 Å². The molecule has 66 heavy (non-hydrogen) atoms. The van der Waals surface area contributed by atoms with Crippen LogP contribution in [0.3, 0.4) is 0 Å². The van der Waals surface area contributed by atoms with Gasteiger partial charge < -0.3 is 47.7 Å². The van der Waals surface area contributed by atoms with Crippen LogP contribution in [0.25, 0.3) is 0 Å². The lowest BCUT2D eigenvalue weighted by Gasteiger charge is -2.67. The summed E-state index contributed by atoms with van der Waals surface area (Å²) in [6, 6.07) is 16.6. The monoisotopic (exact) mass is 1040 g/mol. The summed E-state index contributed by atoms with van der Waals surface area (Å²) in [6.07, 6.45) is -14.0. The van der Waals surface area contributed by atoms with E-state index in [4.69, 9.17) is 112 Å². The molecule has 0 amide bonds. The van der Waals surface area contributed by atoms with Gasteiger partial charge in [0.15, 0.2) is 23.6 Å². The lowest BCUT2D eigenvalue weighted by molar-refractivity contribution is -0.346. The molecule has 2 aromatic rings. The molecule has 4 fully saturated rings. The van der Waals surface area contributed by atoms with Crippen molar-refractivity contribution in [3.05, 3.63) is 82.9 Å². The predicted octanol–water partition coefficient (Wildman–Crippen LogP) is 7.84. The molecule has 2 saturated heterocycles. The molecule has 2 unspecified atom stereocenters. The number of epoxide rings is 1. The van der Waals surface area contributed by atoms with Crippen LogP contribution in [0.5, 0.6) is 0 Å². The first-order valence-electron chi connectivity index (χ1n) is 20.5. The molecule has 0 radical (unpaired) electrons. The van der Waals surface area contributed by atoms with Gasteiger partial charge in [-0.1, -0.05) is 132 Å². The molecule has 22 heteroatoms. The van der Waals surface area contributed by atoms with E-state index in [1.807, 2.05) is 0 Å². The van der Waals surface area contributed by atoms with Crippen molar-refractivity contribution in [2.45, 2.75) is 109 Å². The smallest absolute Gasteiger partial charge is 0.456 e. The normalized spacial score (nSPS) is 33.2. The summed E-state index contributed by atoms with van der Waals surface area (Å²) in [5.74, 6) is -5.51. The molecule has 358 valence electrons. The van der Waals surface area contributed by atoms with Gasteiger partial charge in [0.05, 0.1) is 23.5 Å². The third-order valence-corrected chi connectivity index (χ3v) is 13.8. The molecule has 2 heterocycles. The van der Waals surface area contributed by atoms with Crippen molar-refractivity contribution in [2.75, 3.05) is 19.8 Å². The summed E-state index contributed by atoms with van der Waals surface area (Å²) >= 11 is 35.3. The van der Waals surface area contributed by atoms with E-state index >= 15 is 4.79 Å². The molecule has 16 nitrogen and oxygen atoms in total. The largest absolute Gasteiger partial charge is 0.509 e. The Morgan fingerprint density at radius 2 is 1.39 bits per heavy atom. The maximum absolute atomic E-state index is 16.1. The van der Waals surface area contributed by atoms with Crippen molar-refractivity contribution in [2.24, 2.45) is 16.7 Å². The van der Waals surface area contributed by atoms with Gasteiger partial charge in [0.25, 0.3) is 0 Å². The van der Waals surface area contributed by atoms with Gasteiger partial charge >= 0.3 is 30.2 Å². The van der Waals surface area contributed by atoms with Crippen LogP contribution in [-0.4, -0.2) is 116 Å². The highest BCUT2D eigenvalue weighted by atomic mass is 35.6. The number of hydrogen-bond donors (Lipinski definition) is 1. The lowest BCUT2D eigenvalue weighted by Crippen LogP contribution is -2.82. The van der Waals surface area contributed by atoms with Crippen LogP contribution in [0.15, 0.2) is 71.8 Å². The van der Waals surface area contributed by atoms with E-state index in [1.165, 1.54) is 39.8 Å². The molecule has 2 bridgehead atoms. The minimum absolute atomic E-state index is 0.0114. The number of esters is 3. The van der Waals surface area contributed by atoms with Gasteiger partial charge in [0.2, 0.25) is 7.59 Å². The van der Waals surface area contributed by atoms with Crippen molar-refractivity contribution >= 4 is 106 Å². The summed E-state index contributed by atoms with van der Waals surface area (Å²) in [6.45, 7) is 4.82. The van der Waals surface area contributed by atoms with Gasteiger partial charge in [-0.15, -0.1) is 0 Å². The number of fused-ring (bicyclic) bond motifs is 5. The van der Waals surface area contributed by atoms with Crippen molar-refractivity contribution in [1.82, 2.24) is 0 Å². The molecule has 2 aromatic carbocycles. The van der Waals surface area contributed by atoms with E-state index < -0.39 is 141 Å². The number of ketones is 1. The van der Waals surface area contributed by atoms with E-state index in [-0.39, 0.29) is 23.1 Å². The Morgan fingerprint density at radius 3 is 1.94 bits per heavy atom.